The third-order valence-electron chi connectivity index (χ3n) is 1.89. The van der Waals surface area contributed by atoms with Gasteiger partial charge in [0.05, 0.1) is 0 Å². The third-order valence-corrected chi connectivity index (χ3v) is 2.07. The van der Waals surface area contributed by atoms with Crippen LogP contribution in [0.25, 0.3) is 0 Å². The minimum atomic E-state index is -0.469. The van der Waals surface area contributed by atoms with E-state index in [0.717, 1.165) is 12.8 Å². The Hall–Kier alpha value is -0.500. The normalized spacial score (nSPS) is 11.0. The quantitative estimate of drug-likeness (QED) is 0.491. The van der Waals surface area contributed by atoms with E-state index >= 15 is 0 Å². The summed E-state index contributed by atoms with van der Waals surface area (Å²) in [7, 11) is 0. The molecular formula is C9H16ClNO. The van der Waals surface area contributed by atoms with Gasteiger partial charge in [-0.3, -0.25) is 4.79 Å². The number of nitrogens with zero attached hydrogens (tertiary/aromatic N) is 1. The number of rotatable bonds is 4. The lowest BCUT2D eigenvalue weighted by molar-refractivity contribution is 0.185. The van der Waals surface area contributed by atoms with Gasteiger partial charge in [-0.25, -0.2) is 0 Å². The first-order chi connectivity index (χ1) is 5.45. The van der Waals surface area contributed by atoms with Crippen LogP contribution in [-0.4, -0.2) is 15.8 Å². The highest BCUT2D eigenvalue weighted by molar-refractivity contribution is 6.63. The zero-order chi connectivity index (χ0) is 9.78. The first-order valence-electron chi connectivity index (χ1n) is 4.07. The van der Waals surface area contributed by atoms with Gasteiger partial charge in [0.25, 0.3) is 0 Å². The van der Waals surface area contributed by atoms with E-state index in [1.54, 1.807) is 0 Å². The summed E-state index contributed by atoms with van der Waals surface area (Å²) in [4.78, 5) is 12.4. The maximum atomic E-state index is 10.9. The highest BCUT2D eigenvalue weighted by atomic mass is 35.5. The van der Waals surface area contributed by atoms with Crippen molar-refractivity contribution in [1.29, 1.82) is 0 Å². The smallest absolute Gasteiger partial charge is 0.301 e. The van der Waals surface area contributed by atoms with Crippen LogP contribution in [-0.2, 0) is 0 Å². The molecule has 2 nitrogen and oxygen atoms in total. The van der Waals surface area contributed by atoms with E-state index in [1.807, 2.05) is 13.8 Å². The zero-order valence-electron chi connectivity index (χ0n) is 7.93. The minimum absolute atomic E-state index is 0.227. The van der Waals surface area contributed by atoms with Crippen molar-refractivity contribution in [2.45, 2.75) is 39.2 Å². The standard InChI is InChI=1S/C9H16ClNO/c1-5-7-9(3,4)11(6-2)8(10)12/h6H,2,5,7H2,1,3-4H3. The van der Waals surface area contributed by atoms with E-state index in [9.17, 15) is 4.79 Å². The molecule has 0 atom stereocenters. The van der Waals surface area contributed by atoms with E-state index in [-0.39, 0.29) is 5.54 Å². The predicted octanol–water partition coefficient (Wildman–Crippen LogP) is 3.37. The lowest BCUT2D eigenvalue weighted by Crippen LogP contribution is -2.41. The van der Waals surface area contributed by atoms with Crippen LogP contribution in [0.4, 0.5) is 4.79 Å². The fourth-order valence-electron chi connectivity index (χ4n) is 1.29. The number of amides is 1. The molecule has 0 saturated heterocycles. The van der Waals surface area contributed by atoms with Gasteiger partial charge in [-0.15, -0.1) is 0 Å². The van der Waals surface area contributed by atoms with Crippen LogP contribution in [0, 0.1) is 0 Å². The van der Waals surface area contributed by atoms with Crippen molar-refractivity contribution in [3.8, 4) is 0 Å². The first-order valence-corrected chi connectivity index (χ1v) is 4.45. The summed E-state index contributed by atoms with van der Waals surface area (Å²) in [6, 6.07) is 0. The number of halogens is 1. The molecule has 0 aromatic heterocycles. The predicted molar refractivity (Wildman–Crippen MR) is 52.3 cm³/mol. The van der Waals surface area contributed by atoms with Crippen LogP contribution in [0.2, 0.25) is 0 Å². The van der Waals surface area contributed by atoms with Crippen LogP contribution in [0.3, 0.4) is 0 Å². The molecule has 12 heavy (non-hydrogen) atoms. The fraction of sp³-hybridized carbons (Fsp3) is 0.667. The van der Waals surface area contributed by atoms with Gasteiger partial charge >= 0.3 is 5.37 Å². The van der Waals surface area contributed by atoms with Crippen molar-refractivity contribution in [1.82, 2.24) is 4.90 Å². The highest BCUT2D eigenvalue weighted by Gasteiger charge is 2.26. The number of hydrogen-bond donors (Lipinski definition) is 0. The molecule has 0 fully saturated rings. The van der Waals surface area contributed by atoms with Crippen LogP contribution in [0.1, 0.15) is 33.6 Å². The molecule has 70 valence electrons. The monoisotopic (exact) mass is 189 g/mol. The summed E-state index contributed by atoms with van der Waals surface area (Å²) in [5.74, 6) is 0. The molecular weight excluding hydrogens is 174 g/mol. The molecule has 3 heteroatoms. The lowest BCUT2D eigenvalue weighted by atomic mass is 9.97. The average molecular weight is 190 g/mol. The van der Waals surface area contributed by atoms with Crippen molar-refractivity contribution >= 4 is 17.0 Å². The molecule has 0 bridgehead atoms. The Morgan fingerprint density at radius 3 is 2.42 bits per heavy atom. The Kier molecular flexibility index (Phi) is 4.32. The summed E-state index contributed by atoms with van der Waals surface area (Å²) < 4.78 is 0. The Labute approximate surface area is 79.2 Å². The van der Waals surface area contributed by atoms with Gasteiger partial charge in [0.1, 0.15) is 0 Å². The van der Waals surface area contributed by atoms with Gasteiger partial charge in [-0.2, -0.15) is 0 Å². The Morgan fingerprint density at radius 2 is 2.17 bits per heavy atom. The van der Waals surface area contributed by atoms with Crippen molar-refractivity contribution in [3.63, 3.8) is 0 Å². The van der Waals surface area contributed by atoms with Gasteiger partial charge in [0.15, 0.2) is 0 Å². The van der Waals surface area contributed by atoms with Crippen LogP contribution < -0.4 is 0 Å². The molecule has 0 aliphatic rings. The molecule has 0 aromatic rings. The van der Waals surface area contributed by atoms with Crippen molar-refractivity contribution in [3.05, 3.63) is 12.8 Å². The number of carbonyl (C=O) groups excluding carboxylic acids is 1. The lowest BCUT2D eigenvalue weighted by Gasteiger charge is -2.34. The van der Waals surface area contributed by atoms with E-state index in [1.165, 1.54) is 11.1 Å². The SMILES string of the molecule is C=CN(C(=O)Cl)C(C)(C)CCC. The molecule has 0 rings (SSSR count). The second-order valence-electron chi connectivity index (χ2n) is 3.37. The fourth-order valence-corrected chi connectivity index (χ4v) is 1.59. The zero-order valence-corrected chi connectivity index (χ0v) is 8.69. The molecule has 0 heterocycles. The Morgan fingerprint density at radius 1 is 1.67 bits per heavy atom. The van der Waals surface area contributed by atoms with Gasteiger partial charge < -0.3 is 4.90 Å². The molecule has 0 aromatic carbocycles. The van der Waals surface area contributed by atoms with Gasteiger partial charge in [0, 0.05) is 11.7 Å². The molecule has 0 N–H and O–H groups in total. The summed E-state index contributed by atoms with van der Waals surface area (Å²) in [5.41, 5.74) is -0.227. The van der Waals surface area contributed by atoms with E-state index in [4.69, 9.17) is 11.6 Å². The number of carbonyl (C=O) groups is 1. The Bertz CT molecular complexity index is 177. The van der Waals surface area contributed by atoms with Crippen LogP contribution in [0.15, 0.2) is 12.8 Å². The molecule has 0 spiro atoms. The summed E-state index contributed by atoms with van der Waals surface area (Å²) in [6.45, 7) is 9.56. The maximum Gasteiger partial charge on any atom is 0.320 e. The van der Waals surface area contributed by atoms with Crippen molar-refractivity contribution < 1.29 is 4.79 Å². The van der Waals surface area contributed by atoms with Crippen molar-refractivity contribution in [2.24, 2.45) is 0 Å². The van der Waals surface area contributed by atoms with E-state index < -0.39 is 5.37 Å². The topological polar surface area (TPSA) is 20.3 Å². The highest BCUT2D eigenvalue weighted by Crippen LogP contribution is 2.22. The Balaban J connectivity index is 4.46. The van der Waals surface area contributed by atoms with Crippen molar-refractivity contribution in [2.75, 3.05) is 0 Å². The van der Waals surface area contributed by atoms with E-state index in [0.29, 0.717) is 0 Å². The summed E-state index contributed by atoms with van der Waals surface area (Å²) in [6.07, 6.45) is 3.41. The van der Waals surface area contributed by atoms with Gasteiger partial charge in [0.2, 0.25) is 0 Å². The largest absolute Gasteiger partial charge is 0.320 e. The first kappa shape index (κ1) is 11.5. The molecule has 0 radical (unpaired) electrons. The second kappa shape index (κ2) is 4.51. The van der Waals surface area contributed by atoms with Crippen LogP contribution >= 0.6 is 11.6 Å². The van der Waals surface area contributed by atoms with E-state index in [2.05, 4.69) is 13.5 Å². The van der Waals surface area contributed by atoms with Gasteiger partial charge in [-0.05, 0) is 31.9 Å². The maximum absolute atomic E-state index is 10.9. The molecule has 0 aliphatic carbocycles. The molecule has 0 unspecified atom stereocenters. The summed E-state index contributed by atoms with van der Waals surface area (Å²) >= 11 is 5.38. The molecule has 0 saturated carbocycles. The minimum Gasteiger partial charge on any atom is -0.301 e. The summed E-state index contributed by atoms with van der Waals surface area (Å²) in [5, 5.41) is -0.469. The third kappa shape index (κ3) is 2.86. The van der Waals surface area contributed by atoms with Gasteiger partial charge in [-0.1, -0.05) is 19.9 Å². The molecule has 1 amide bonds. The van der Waals surface area contributed by atoms with Crippen LogP contribution in [0.5, 0.6) is 0 Å². The molecule has 0 aliphatic heterocycles. The average Bonchev–Trinajstić information content (AvgIpc) is 1.86. The number of hydrogen-bond acceptors (Lipinski definition) is 1. The second-order valence-corrected chi connectivity index (χ2v) is 3.69.